The maximum atomic E-state index is 10.2. The van der Waals surface area contributed by atoms with Gasteiger partial charge in [0, 0.05) is 0 Å². The third kappa shape index (κ3) is 1.08. The molecule has 0 aliphatic heterocycles. The standard InChI is InChI=1S/C5H6N2O2S/c1-9-4-3(2-8)10-5(6)7-4/h2H,1H3,(H2,6,7). The highest BCUT2D eigenvalue weighted by Gasteiger charge is 2.07. The van der Waals surface area contributed by atoms with Gasteiger partial charge in [-0.25, -0.2) is 0 Å². The van der Waals surface area contributed by atoms with Crippen molar-refractivity contribution in [2.45, 2.75) is 0 Å². The lowest BCUT2D eigenvalue weighted by molar-refractivity contribution is 0.112. The molecule has 0 bridgehead atoms. The molecule has 4 nitrogen and oxygen atoms in total. The van der Waals surface area contributed by atoms with Crippen LogP contribution in [0.1, 0.15) is 9.67 Å². The molecule has 5 heteroatoms. The minimum atomic E-state index is 0.303. The Morgan fingerprint density at radius 3 is 2.90 bits per heavy atom. The second kappa shape index (κ2) is 2.66. The summed E-state index contributed by atoms with van der Waals surface area (Å²) in [7, 11) is 1.45. The van der Waals surface area contributed by atoms with Crippen LogP contribution in [0.5, 0.6) is 5.88 Å². The molecule has 0 aromatic carbocycles. The molecule has 10 heavy (non-hydrogen) atoms. The Kier molecular flexibility index (Phi) is 1.86. The maximum absolute atomic E-state index is 10.2. The molecule has 1 heterocycles. The van der Waals surface area contributed by atoms with Crippen LogP contribution in [0.25, 0.3) is 0 Å². The van der Waals surface area contributed by atoms with Crippen molar-refractivity contribution in [1.29, 1.82) is 0 Å². The van der Waals surface area contributed by atoms with Gasteiger partial charge in [-0.1, -0.05) is 11.3 Å². The third-order valence-corrected chi connectivity index (χ3v) is 1.73. The zero-order valence-electron chi connectivity index (χ0n) is 5.33. The van der Waals surface area contributed by atoms with E-state index >= 15 is 0 Å². The summed E-state index contributed by atoms with van der Waals surface area (Å²) < 4.78 is 4.75. The van der Waals surface area contributed by atoms with Crippen molar-refractivity contribution in [3.05, 3.63) is 4.88 Å². The maximum Gasteiger partial charge on any atom is 0.237 e. The second-order valence-corrected chi connectivity index (χ2v) is 2.61. The largest absolute Gasteiger partial charge is 0.480 e. The Morgan fingerprint density at radius 2 is 2.50 bits per heavy atom. The third-order valence-electron chi connectivity index (χ3n) is 0.937. The fraction of sp³-hybridized carbons (Fsp3) is 0.200. The fourth-order valence-corrected chi connectivity index (χ4v) is 1.17. The average molecular weight is 158 g/mol. The molecular weight excluding hydrogens is 152 g/mol. The molecule has 0 radical (unpaired) electrons. The zero-order chi connectivity index (χ0) is 7.56. The van der Waals surface area contributed by atoms with Crippen LogP contribution in [0.4, 0.5) is 5.13 Å². The molecule has 0 saturated heterocycles. The van der Waals surface area contributed by atoms with Gasteiger partial charge >= 0.3 is 0 Å². The van der Waals surface area contributed by atoms with Crippen molar-refractivity contribution in [2.75, 3.05) is 12.8 Å². The van der Waals surface area contributed by atoms with E-state index in [1.54, 1.807) is 0 Å². The van der Waals surface area contributed by atoms with Crippen molar-refractivity contribution < 1.29 is 9.53 Å². The second-order valence-electron chi connectivity index (χ2n) is 1.54. The van der Waals surface area contributed by atoms with Crippen molar-refractivity contribution in [1.82, 2.24) is 4.98 Å². The van der Waals surface area contributed by atoms with E-state index in [4.69, 9.17) is 10.5 Å². The molecule has 0 aliphatic rings. The van der Waals surface area contributed by atoms with Gasteiger partial charge in [-0.3, -0.25) is 4.79 Å². The van der Waals surface area contributed by atoms with E-state index in [0.717, 1.165) is 11.3 Å². The summed E-state index contributed by atoms with van der Waals surface area (Å²) in [6.07, 6.45) is 0.673. The van der Waals surface area contributed by atoms with E-state index in [2.05, 4.69) is 4.98 Å². The highest BCUT2D eigenvalue weighted by molar-refractivity contribution is 7.17. The van der Waals surface area contributed by atoms with Gasteiger partial charge in [0.15, 0.2) is 11.4 Å². The van der Waals surface area contributed by atoms with Crippen LogP contribution < -0.4 is 10.5 Å². The number of aromatic nitrogens is 1. The summed E-state index contributed by atoms with van der Waals surface area (Å²) in [5, 5.41) is 0.346. The Hall–Kier alpha value is -1.10. The van der Waals surface area contributed by atoms with Crippen LogP contribution in [0.2, 0.25) is 0 Å². The lowest BCUT2D eigenvalue weighted by Crippen LogP contribution is -1.87. The van der Waals surface area contributed by atoms with E-state index in [0.29, 0.717) is 22.2 Å². The van der Waals surface area contributed by atoms with E-state index in [1.807, 2.05) is 0 Å². The number of carbonyl (C=O) groups is 1. The van der Waals surface area contributed by atoms with Crippen LogP contribution in [0.15, 0.2) is 0 Å². The summed E-state index contributed by atoms with van der Waals surface area (Å²) in [4.78, 5) is 14.4. The average Bonchev–Trinajstić information content (AvgIpc) is 2.30. The Labute approximate surface area is 61.6 Å². The first-order valence-corrected chi connectivity index (χ1v) is 3.35. The van der Waals surface area contributed by atoms with Crippen LogP contribution in [0.3, 0.4) is 0 Å². The lowest BCUT2D eigenvalue weighted by Gasteiger charge is -1.89. The minimum Gasteiger partial charge on any atom is -0.480 e. The molecule has 0 fully saturated rings. The number of ether oxygens (including phenoxy) is 1. The molecule has 54 valence electrons. The van der Waals surface area contributed by atoms with Crippen molar-refractivity contribution in [3.63, 3.8) is 0 Å². The number of rotatable bonds is 2. The highest BCUT2D eigenvalue weighted by atomic mass is 32.1. The van der Waals surface area contributed by atoms with Gasteiger partial charge in [0.2, 0.25) is 5.88 Å². The zero-order valence-corrected chi connectivity index (χ0v) is 6.14. The molecule has 1 aromatic rings. The van der Waals surface area contributed by atoms with E-state index < -0.39 is 0 Å². The van der Waals surface area contributed by atoms with Gasteiger partial charge in [0.25, 0.3) is 0 Å². The molecule has 0 aliphatic carbocycles. The Morgan fingerprint density at radius 1 is 1.80 bits per heavy atom. The predicted molar refractivity (Wildman–Crippen MR) is 38.5 cm³/mol. The first kappa shape index (κ1) is 7.01. The summed E-state index contributed by atoms with van der Waals surface area (Å²) in [5.41, 5.74) is 5.30. The summed E-state index contributed by atoms with van der Waals surface area (Å²) in [6.45, 7) is 0. The Balaban J connectivity index is 3.08. The highest BCUT2D eigenvalue weighted by Crippen LogP contribution is 2.23. The monoisotopic (exact) mass is 158 g/mol. The van der Waals surface area contributed by atoms with Crippen molar-refractivity contribution in [3.8, 4) is 5.88 Å². The normalized spacial score (nSPS) is 9.30. The predicted octanol–water partition coefficient (Wildman–Crippen LogP) is 0.546. The van der Waals surface area contributed by atoms with Crippen molar-refractivity contribution >= 4 is 22.8 Å². The first-order chi connectivity index (χ1) is 4.77. The van der Waals surface area contributed by atoms with Gasteiger partial charge < -0.3 is 10.5 Å². The van der Waals surface area contributed by atoms with Crippen LogP contribution >= 0.6 is 11.3 Å². The van der Waals surface area contributed by atoms with Crippen LogP contribution in [-0.2, 0) is 0 Å². The molecule has 1 rings (SSSR count). The molecule has 1 aromatic heterocycles. The van der Waals surface area contributed by atoms with Gasteiger partial charge in [0.1, 0.15) is 4.88 Å². The molecule has 0 atom stereocenters. The van der Waals surface area contributed by atoms with E-state index in [-0.39, 0.29) is 0 Å². The summed E-state index contributed by atoms with van der Waals surface area (Å²) in [6, 6.07) is 0. The molecule has 0 unspecified atom stereocenters. The van der Waals surface area contributed by atoms with Gasteiger partial charge in [-0.2, -0.15) is 4.98 Å². The lowest BCUT2D eigenvalue weighted by atomic mass is 10.6. The fourth-order valence-electron chi connectivity index (χ4n) is 0.555. The molecule has 0 amide bonds. The number of nitrogens with zero attached hydrogens (tertiary/aromatic N) is 1. The number of hydrogen-bond acceptors (Lipinski definition) is 5. The molecule has 0 saturated carbocycles. The molecular formula is C5H6N2O2S. The Bertz CT molecular complexity index is 246. The molecule has 0 spiro atoms. The molecule has 2 N–H and O–H groups in total. The number of methoxy groups -OCH3 is 1. The number of aldehydes is 1. The van der Waals surface area contributed by atoms with E-state index in [1.165, 1.54) is 7.11 Å². The number of nitrogen functional groups attached to an aromatic ring is 1. The van der Waals surface area contributed by atoms with Crippen LogP contribution in [-0.4, -0.2) is 18.4 Å². The first-order valence-electron chi connectivity index (χ1n) is 2.53. The number of nitrogens with two attached hydrogens (primary N) is 1. The van der Waals surface area contributed by atoms with E-state index in [9.17, 15) is 4.79 Å². The smallest absolute Gasteiger partial charge is 0.237 e. The van der Waals surface area contributed by atoms with Crippen LogP contribution in [0, 0.1) is 0 Å². The topological polar surface area (TPSA) is 65.2 Å². The van der Waals surface area contributed by atoms with Gasteiger partial charge in [-0.05, 0) is 0 Å². The number of thiazole rings is 1. The summed E-state index contributed by atoms with van der Waals surface area (Å²) >= 11 is 1.11. The number of hydrogen-bond donors (Lipinski definition) is 1. The SMILES string of the molecule is COc1nc(N)sc1C=O. The summed E-state index contributed by atoms with van der Waals surface area (Å²) in [5.74, 6) is 0.303. The van der Waals surface area contributed by atoms with Gasteiger partial charge in [-0.15, -0.1) is 0 Å². The number of carbonyl (C=O) groups excluding carboxylic acids is 1. The quantitative estimate of drug-likeness (QED) is 0.638. The van der Waals surface area contributed by atoms with Crippen molar-refractivity contribution in [2.24, 2.45) is 0 Å². The number of anilines is 1. The van der Waals surface area contributed by atoms with Gasteiger partial charge in [0.05, 0.1) is 7.11 Å². The minimum absolute atomic E-state index is 0.303.